The average molecular weight is 493 g/mol. The van der Waals surface area contributed by atoms with Gasteiger partial charge in [-0.2, -0.15) is 26.9 Å². The van der Waals surface area contributed by atoms with E-state index in [1.807, 2.05) is 6.92 Å². The molecule has 1 unspecified atom stereocenters. The van der Waals surface area contributed by atoms with Crippen molar-refractivity contribution < 1.29 is 36.0 Å². The molecule has 13 heteroatoms. The molecule has 33 heavy (non-hydrogen) atoms. The summed E-state index contributed by atoms with van der Waals surface area (Å²) in [5.41, 5.74) is -0.405. The van der Waals surface area contributed by atoms with Crippen LogP contribution < -0.4 is 15.6 Å². The van der Waals surface area contributed by atoms with Gasteiger partial charge in [-0.15, -0.1) is 0 Å². The molecule has 180 valence electrons. The van der Waals surface area contributed by atoms with Crippen molar-refractivity contribution in [2.45, 2.75) is 49.9 Å². The second-order valence-electron chi connectivity index (χ2n) is 7.33. The van der Waals surface area contributed by atoms with Crippen LogP contribution >= 0.6 is 0 Å². The number of unbranched alkanes of at least 4 members (excludes halogenated alkanes) is 2. The van der Waals surface area contributed by atoms with E-state index in [-0.39, 0.29) is 40.1 Å². The summed E-state index contributed by atoms with van der Waals surface area (Å²) in [5, 5.41) is 2.35. The van der Waals surface area contributed by atoms with Crippen molar-refractivity contribution in [1.82, 2.24) is 9.55 Å². The average Bonchev–Trinajstić information content (AvgIpc) is 3.13. The zero-order valence-electron chi connectivity index (χ0n) is 17.4. The number of benzene rings is 1. The first-order valence-corrected chi connectivity index (χ1v) is 11.3. The fourth-order valence-corrected chi connectivity index (χ4v) is 4.27. The maximum Gasteiger partial charge on any atom is 0.456 e. The monoisotopic (exact) mass is 493 g/mol. The minimum absolute atomic E-state index is 0.0365. The highest BCUT2D eigenvalue weighted by Crippen LogP contribution is 2.35. The van der Waals surface area contributed by atoms with E-state index in [9.17, 15) is 36.1 Å². The van der Waals surface area contributed by atoms with Gasteiger partial charge in [-0.1, -0.05) is 13.3 Å². The SMILES string of the molecule is CCCCC[S+]([O-])c1nc2c(c(=O)n1-c1ccc(OCC(F)(F)C(F)(F)F)cc1)CC(=O)N2. The predicted molar refractivity (Wildman–Crippen MR) is 109 cm³/mol. The molecule has 0 saturated carbocycles. The minimum atomic E-state index is -5.75. The molecule has 7 nitrogen and oxygen atoms in total. The number of halogens is 5. The number of carbonyl (C=O) groups excluding carboxylic acids is 1. The number of carbonyl (C=O) groups is 1. The quantitative estimate of drug-likeness (QED) is 0.249. The molecular formula is C20H20F5N3O4S. The summed E-state index contributed by atoms with van der Waals surface area (Å²) < 4.78 is 81.5. The maximum absolute atomic E-state index is 13.1. The van der Waals surface area contributed by atoms with Crippen LogP contribution in [-0.2, 0) is 22.4 Å². The lowest BCUT2D eigenvalue weighted by Gasteiger charge is -2.20. The fraction of sp³-hybridized carbons (Fsp3) is 0.450. The van der Waals surface area contributed by atoms with Crippen molar-refractivity contribution in [3.63, 3.8) is 0 Å². The van der Waals surface area contributed by atoms with Crippen LogP contribution in [0.4, 0.5) is 27.8 Å². The Morgan fingerprint density at radius 3 is 2.42 bits per heavy atom. The zero-order chi connectivity index (χ0) is 24.4. The fourth-order valence-electron chi connectivity index (χ4n) is 3.04. The largest absolute Gasteiger partial charge is 0.609 e. The third kappa shape index (κ3) is 5.46. The number of alkyl halides is 5. The van der Waals surface area contributed by atoms with E-state index >= 15 is 0 Å². The number of rotatable bonds is 9. The third-order valence-corrected chi connectivity index (χ3v) is 6.15. The van der Waals surface area contributed by atoms with E-state index < -0.39 is 41.3 Å². The lowest BCUT2D eigenvalue weighted by molar-refractivity contribution is -0.290. The number of anilines is 1. The van der Waals surface area contributed by atoms with Gasteiger partial charge in [0.25, 0.3) is 5.56 Å². The summed E-state index contributed by atoms with van der Waals surface area (Å²) in [5.74, 6) is -5.50. The molecule has 0 spiro atoms. The van der Waals surface area contributed by atoms with Gasteiger partial charge in [0.2, 0.25) is 5.91 Å². The van der Waals surface area contributed by atoms with E-state index in [1.54, 1.807) is 0 Å². The summed E-state index contributed by atoms with van der Waals surface area (Å²) >= 11 is -1.70. The first-order valence-electron chi connectivity index (χ1n) is 9.96. The molecule has 1 amide bonds. The van der Waals surface area contributed by atoms with Crippen molar-refractivity contribution in [3.8, 4) is 11.4 Å². The number of amides is 1. The van der Waals surface area contributed by atoms with Crippen molar-refractivity contribution in [3.05, 3.63) is 40.2 Å². The van der Waals surface area contributed by atoms with Gasteiger partial charge in [0.05, 0.1) is 17.7 Å². The summed E-state index contributed by atoms with van der Waals surface area (Å²) in [6.45, 7) is 0.0624. The Morgan fingerprint density at radius 2 is 1.82 bits per heavy atom. The molecule has 0 bridgehead atoms. The normalized spacial score (nSPS) is 14.7. The Kier molecular flexibility index (Phi) is 7.32. The standard InChI is InChI=1S/C20H20F5N3O4S/c1-2-3-4-9-33(31)18-27-16-14(10-15(29)26-16)17(30)28(18)12-5-7-13(8-6-12)32-11-19(21,22)20(23,24)25/h5-8H,2-4,9-11H2,1H3,(H,26,29). The van der Waals surface area contributed by atoms with E-state index in [0.717, 1.165) is 29.5 Å². The van der Waals surface area contributed by atoms with Crippen LogP contribution in [0.2, 0.25) is 0 Å². The molecule has 3 rings (SSSR count). The molecular weight excluding hydrogens is 473 g/mol. The van der Waals surface area contributed by atoms with Gasteiger partial charge >= 0.3 is 17.3 Å². The number of hydrogen-bond acceptors (Lipinski definition) is 5. The van der Waals surface area contributed by atoms with E-state index in [2.05, 4.69) is 15.0 Å². The Labute approximate surface area is 188 Å². The molecule has 1 aliphatic rings. The van der Waals surface area contributed by atoms with Gasteiger partial charge in [-0.05, 0) is 37.1 Å². The molecule has 0 fully saturated rings. The number of hydrogen-bond donors (Lipinski definition) is 1. The van der Waals surface area contributed by atoms with Crippen molar-refractivity contribution in [1.29, 1.82) is 0 Å². The lowest BCUT2D eigenvalue weighted by atomic mass is 10.2. The second-order valence-corrected chi connectivity index (χ2v) is 8.79. The highest BCUT2D eigenvalue weighted by atomic mass is 32.2. The summed E-state index contributed by atoms with van der Waals surface area (Å²) in [7, 11) is 0. The number of nitrogens with one attached hydrogen (secondary N) is 1. The van der Waals surface area contributed by atoms with Crippen LogP contribution in [0.3, 0.4) is 0 Å². The summed E-state index contributed by atoms with van der Waals surface area (Å²) in [6.07, 6.45) is -3.66. The van der Waals surface area contributed by atoms with Crippen molar-refractivity contribution in [2.24, 2.45) is 0 Å². The van der Waals surface area contributed by atoms with E-state index in [4.69, 9.17) is 0 Å². The third-order valence-electron chi connectivity index (χ3n) is 4.81. The van der Waals surface area contributed by atoms with E-state index in [0.29, 0.717) is 6.42 Å². The zero-order valence-corrected chi connectivity index (χ0v) is 18.2. The van der Waals surface area contributed by atoms with Crippen LogP contribution in [-0.4, -0.2) is 44.5 Å². The van der Waals surface area contributed by atoms with Crippen LogP contribution in [0.5, 0.6) is 5.75 Å². The van der Waals surface area contributed by atoms with Gasteiger partial charge in [0.15, 0.2) is 6.61 Å². The molecule has 0 saturated heterocycles. The van der Waals surface area contributed by atoms with Gasteiger partial charge in [0.1, 0.15) is 17.3 Å². The molecule has 1 N–H and O–H groups in total. The number of ether oxygens (including phenoxy) is 1. The number of fused-ring (bicyclic) bond motifs is 1. The second kappa shape index (κ2) is 9.67. The van der Waals surface area contributed by atoms with Crippen molar-refractivity contribution in [2.75, 3.05) is 17.7 Å². The number of nitrogens with zero attached hydrogens (tertiary/aromatic N) is 2. The van der Waals surface area contributed by atoms with Gasteiger partial charge in [-0.25, -0.2) is 4.57 Å². The van der Waals surface area contributed by atoms with Gasteiger partial charge < -0.3 is 14.6 Å². The first-order chi connectivity index (χ1) is 15.4. The smallest absolute Gasteiger partial charge is 0.456 e. The topological polar surface area (TPSA) is 96.3 Å². The summed E-state index contributed by atoms with van der Waals surface area (Å²) in [4.78, 5) is 29.0. The Bertz CT molecular complexity index is 1070. The predicted octanol–water partition coefficient (Wildman–Crippen LogP) is 3.60. The molecule has 0 aliphatic carbocycles. The Hall–Kier alpha value is -2.67. The summed E-state index contributed by atoms with van der Waals surface area (Å²) in [6, 6.07) is 4.70. The Morgan fingerprint density at radius 1 is 1.15 bits per heavy atom. The molecule has 0 radical (unpaired) electrons. The van der Waals surface area contributed by atoms with Crippen molar-refractivity contribution >= 4 is 22.9 Å². The van der Waals surface area contributed by atoms with Gasteiger partial charge in [0, 0.05) is 11.2 Å². The highest BCUT2D eigenvalue weighted by Gasteiger charge is 2.58. The van der Waals surface area contributed by atoms with E-state index in [1.165, 1.54) is 12.1 Å². The molecule has 1 atom stereocenters. The molecule has 2 heterocycles. The van der Waals surface area contributed by atoms with Crippen LogP contribution in [0.1, 0.15) is 31.7 Å². The van der Waals surface area contributed by atoms with Crippen LogP contribution in [0.25, 0.3) is 5.69 Å². The molecule has 1 aromatic heterocycles. The molecule has 1 aliphatic heterocycles. The van der Waals surface area contributed by atoms with Crippen LogP contribution in [0.15, 0.2) is 34.2 Å². The molecule has 1 aromatic carbocycles. The highest BCUT2D eigenvalue weighted by molar-refractivity contribution is 7.91. The van der Waals surface area contributed by atoms with Gasteiger partial charge in [-0.3, -0.25) is 9.59 Å². The minimum Gasteiger partial charge on any atom is -0.609 e. The molecule has 2 aromatic rings. The lowest BCUT2D eigenvalue weighted by Crippen LogP contribution is -2.41. The Balaban J connectivity index is 1.92. The maximum atomic E-state index is 13.1. The van der Waals surface area contributed by atoms with Crippen LogP contribution in [0, 0.1) is 0 Å². The first kappa shape index (κ1) is 25.0. The number of aromatic nitrogens is 2.